The molecule has 1 radical (unpaired) electrons. The summed E-state index contributed by atoms with van der Waals surface area (Å²) in [6, 6.07) is 11.2. The molecule has 17 heavy (non-hydrogen) atoms. The van der Waals surface area contributed by atoms with Gasteiger partial charge < -0.3 is 9.80 Å². The molecule has 1 aliphatic rings. The van der Waals surface area contributed by atoms with Crippen molar-refractivity contribution in [2.24, 2.45) is 0 Å². The number of likely N-dealkylation sites (N-methyl/N-ethyl adjacent to an activating group) is 1. The molecule has 0 bridgehead atoms. The van der Waals surface area contributed by atoms with E-state index in [9.17, 15) is 4.79 Å². The van der Waals surface area contributed by atoms with Crippen molar-refractivity contribution in [1.29, 1.82) is 0 Å². The quantitative estimate of drug-likeness (QED) is 0.780. The molecule has 0 N–H and O–H groups in total. The van der Waals surface area contributed by atoms with E-state index < -0.39 is 0 Å². The van der Waals surface area contributed by atoms with Crippen molar-refractivity contribution in [2.45, 2.75) is 18.9 Å². The second kappa shape index (κ2) is 5.32. The van der Waals surface area contributed by atoms with Crippen LogP contribution in [0.3, 0.4) is 0 Å². The Bertz CT molecular complexity index is 375. The molecule has 3 nitrogen and oxygen atoms in total. The Morgan fingerprint density at radius 1 is 1.59 bits per heavy atom. The number of hydrogen-bond acceptors (Lipinski definition) is 2. The van der Waals surface area contributed by atoms with Gasteiger partial charge >= 0.3 is 0 Å². The van der Waals surface area contributed by atoms with Crippen molar-refractivity contribution in [3.63, 3.8) is 0 Å². The van der Waals surface area contributed by atoms with Crippen molar-refractivity contribution >= 4 is 5.91 Å². The van der Waals surface area contributed by atoms with E-state index in [2.05, 4.69) is 25.1 Å². The smallest absolute Gasteiger partial charge is 0.227 e. The standard InChI is InChI=1S/C14H19N2O/c1-15(2)13-8-9-16(11-13)14(17)10-12-6-4-3-5-7-12/h3-4,6-7,13H,8-11H2,1-2H3/t13-/m0/s1. The Hall–Kier alpha value is -1.35. The molecule has 0 aliphatic carbocycles. The monoisotopic (exact) mass is 231 g/mol. The van der Waals surface area contributed by atoms with Crippen LogP contribution in [0.5, 0.6) is 0 Å². The fourth-order valence-corrected chi connectivity index (χ4v) is 2.22. The van der Waals surface area contributed by atoms with Crippen LogP contribution in [-0.2, 0) is 11.2 Å². The molecule has 0 saturated carbocycles. The Morgan fingerprint density at radius 3 is 3.00 bits per heavy atom. The maximum absolute atomic E-state index is 12.1. The summed E-state index contributed by atoms with van der Waals surface area (Å²) in [5.41, 5.74) is 1.05. The van der Waals surface area contributed by atoms with Crippen LogP contribution in [0.25, 0.3) is 0 Å². The van der Waals surface area contributed by atoms with Crippen molar-refractivity contribution in [2.75, 3.05) is 27.2 Å². The minimum atomic E-state index is 0.231. The van der Waals surface area contributed by atoms with Gasteiger partial charge in [-0.25, -0.2) is 0 Å². The van der Waals surface area contributed by atoms with Gasteiger partial charge in [0, 0.05) is 19.1 Å². The molecule has 1 fully saturated rings. The number of amides is 1. The van der Waals surface area contributed by atoms with E-state index in [1.54, 1.807) is 0 Å². The number of likely N-dealkylation sites (tertiary alicyclic amines) is 1. The van der Waals surface area contributed by atoms with Crippen LogP contribution in [-0.4, -0.2) is 48.9 Å². The van der Waals surface area contributed by atoms with Gasteiger partial charge in [0.2, 0.25) is 5.91 Å². The zero-order valence-electron chi connectivity index (χ0n) is 10.5. The first-order chi connectivity index (χ1) is 8.16. The van der Waals surface area contributed by atoms with Gasteiger partial charge in [-0.15, -0.1) is 0 Å². The molecule has 1 aromatic carbocycles. The average Bonchev–Trinajstić information content (AvgIpc) is 2.79. The minimum absolute atomic E-state index is 0.231. The summed E-state index contributed by atoms with van der Waals surface area (Å²) in [6.07, 6.45) is 1.58. The van der Waals surface area contributed by atoms with Crippen LogP contribution in [0.1, 0.15) is 12.0 Å². The Balaban J connectivity index is 1.90. The summed E-state index contributed by atoms with van der Waals surface area (Å²) in [5, 5.41) is 0. The number of hydrogen-bond donors (Lipinski definition) is 0. The highest BCUT2D eigenvalue weighted by Gasteiger charge is 2.27. The summed E-state index contributed by atoms with van der Waals surface area (Å²) in [6.45, 7) is 1.75. The molecule has 0 aromatic heterocycles. The molecule has 2 rings (SSSR count). The van der Waals surface area contributed by atoms with Crippen LogP contribution >= 0.6 is 0 Å². The van der Waals surface area contributed by atoms with Crippen LogP contribution in [0, 0.1) is 6.07 Å². The Morgan fingerprint density at radius 2 is 2.41 bits per heavy atom. The number of nitrogens with zero attached hydrogens (tertiary/aromatic N) is 2. The molecule has 1 heterocycles. The zero-order valence-corrected chi connectivity index (χ0v) is 10.5. The van der Waals surface area contributed by atoms with Crippen LogP contribution < -0.4 is 0 Å². The molecular formula is C14H19N2O. The molecule has 0 unspecified atom stereocenters. The fraction of sp³-hybridized carbons (Fsp3) is 0.500. The first-order valence-electron chi connectivity index (χ1n) is 6.06. The molecule has 91 valence electrons. The highest BCUT2D eigenvalue weighted by Crippen LogP contribution is 2.14. The molecule has 3 heteroatoms. The van der Waals surface area contributed by atoms with Gasteiger partial charge in [-0.3, -0.25) is 4.79 Å². The predicted molar refractivity (Wildman–Crippen MR) is 67.7 cm³/mol. The SMILES string of the molecule is CN(C)[C@H]1CCN(C(=O)Cc2c[c]ccc2)C1. The lowest BCUT2D eigenvalue weighted by Gasteiger charge is -2.20. The zero-order chi connectivity index (χ0) is 12.3. The summed E-state index contributed by atoms with van der Waals surface area (Å²) in [4.78, 5) is 16.2. The third kappa shape index (κ3) is 3.07. The van der Waals surface area contributed by atoms with E-state index in [0.717, 1.165) is 25.1 Å². The fourth-order valence-electron chi connectivity index (χ4n) is 2.22. The number of rotatable bonds is 3. The third-order valence-electron chi connectivity index (χ3n) is 3.37. The maximum Gasteiger partial charge on any atom is 0.227 e. The van der Waals surface area contributed by atoms with Gasteiger partial charge in [-0.2, -0.15) is 0 Å². The number of carbonyl (C=O) groups is 1. The molecule has 1 saturated heterocycles. The highest BCUT2D eigenvalue weighted by molar-refractivity contribution is 5.79. The molecule has 0 spiro atoms. The predicted octanol–water partition coefficient (Wildman–Crippen LogP) is 1.19. The average molecular weight is 231 g/mol. The first kappa shape index (κ1) is 12.1. The van der Waals surface area contributed by atoms with Gasteiger partial charge in [0.25, 0.3) is 0 Å². The van der Waals surface area contributed by atoms with E-state index in [-0.39, 0.29) is 5.91 Å². The lowest BCUT2D eigenvalue weighted by molar-refractivity contribution is -0.129. The molecule has 1 aromatic rings. The van der Waals surface area contributed by atoms with E-state index in [1.165, 1.54) is 0 Å². The maximum atomic E-state index is 12.1. The second-order valence-electron chi connectivity index (χ2n) is 4.83. The summed E-state index contributed by atoms with van der Waals surface area (Å²) >= 11 is 0. The lowest BCUT2D eigenvalue weighted by Crippen LogP contribution is -2.35. The lowest BCUT2D eigenvalue weighted by atomic mass is 10.1. The molecule has 1 amide bonds. The van der Waals surface area contributed by atoms with Gasteiger partial charge in [-0.1, -0.05) is 24.3 Å². The van der Waals surface area contributed by atoms with Crippen molar-refractivity contribution in [1.82, 2.24) is 9.80 Å². The largest absolute Gasteiger partial charge is 0.341 e. The Kier molecular flexibility index (Phi) is 3.79. The van der Waals surface area contributed by atoms with Crippen LogP contribution in [0.4, 0.5) is 0 Å². The number of benzene rings is 1. The minimum Gasteiger partial charge on any atom is -0.341 e. The van der Waals surface area contributed by atoms with E-state index >= 15 is 0 Å². The molecule has 1 atom stereocenters. The van der Waals surface area contributed by atoms with E-state index in [4.69, 9.17) is 0 Å². The summed E-state index contributed by atoms with van der Waals surface area (Å²) in [7, 11) is 4.15. The topological polar surface area (TPSA) is 23.6 Å². The highest BCUT2D eigenvalue weighted by atomic mass is 16.2. The molecular weight excluding hydrogens is 212 g/mol. The van der Waals surface area contributed by atoms with Crippen molar-refractivity contribution in [3.8, 4) is 0 Å². The van der Waals surface area contributed by atoms with Gasteiger partial charge in [0.1, 0.15) is 0 Å². The summed E-state index contributed by atoms with van der Waals surface area (Å²) in [5.74, 6) is 0.231. The van der Waals surface area contributed by atoms with Crippen molar-refractivity contribution in [3.05, 3.63) is 35.9 Å². The number of carbonyl (C=O) groups excluding carboxylic acids is 1. The summed E-state index contributed by atoms with van der Waals surface area (Å²) < 4.78 is 0. The van der Waals surface area contributed by atoms with Crippen LogP contribution in [0.2, 0.25) is 0 Å². The second-order valence-corrected chi connectivity index (χ2v) is 4.83. The Labute approximate surface area is 103 Å². The van der Waals surface area contributed by atoms with E-state index in [1.807, 2.05) is 29.2 Å². The first-order valence-corrected chi connectivity index (χ1v) is 6.06. The van der Waals surface area contributed by atoms with Gasteiger partial charge in [0.15, 0.2) is 0 Å². The third-order valence-corrected chi connectivity index (χ3v) is 3.37. The van der Waals surface area contributed by atoms with Gasteiger partial charge in [0.05, 0.1) is 6.42 Å². The van der Waals surface area contributed by atoms with E-state index in [0.29, 0.717) is 12.5 Å². The molecule has 1 aliphatic heterocycles. The normalized spacial score (nSPS) is 19.9. The van der Waals surface area contributed by atoms with Crippen molar-refractivity contribution < 1.29 is 4.79 Å². The van der Waals surface area contributed by atoms with Gasteiger partial charge in [-0.05, 0) is 32.1 Å². The van der Waals surface area contributed by atoms with Crippen LogP contribution in [0.15, 0.2) is 24.3 Å².